The Kier molecular flexibility index (Phi) is 6.05. The van der Waals surface area contributed by atoms with Gasteiger partial charge in [0.15, 0.2) is 5.82 Å². The number of hydrogen-bond acceptors (Lipinski definition) is 6. The average molecular weight is 364 g/mol. The Balaban J connectivity index is 2.09. The van der Waals surface area contributed by atoms with E-state index in [1.165, 1.54) is 21.2 Å². The molecule has 8 nitrogen and oxygen atoms in total. The van der Waals surface area contributed by atoms with Crippen LogP contribution >= 0.6 is 0 Å². The van der Waals surface area contributed by atoms with E-state index >= 15 is 0 Å². The number of nitrogens with one attached hydrogen (secondary N) is 1. The highest BCUT2D eigenvalue weighted by Crippen LogP contribution is 2.18. The molecule has 25 heavy (non-hydrogen) atoms. The van der Waals surface area contributed by atoms with Crippen LogP contribution < -0.4 is 10.1 Å². The number of ether oxygens (including phenoxy) is 1. The Morgan fingerprint density at radius 1 is 1.28 bits per heavy atom. The molecular formula is C16H20N4O4S. The molecule has 0 saturated carbocycles. The van der Waals surface area contributed by atoms with Crippen LogP contribution in [0.4, 0.5) is 0 Å². The van der Waals surface area contributed by atoms with Crippen molar-refractivity contribution in [3.8, 4) is 17.3 Å². The zero-order valence-corrected chi connectivity index (χ0v) is 15.1. The smallest absolute Gasteiger partial charge is 0.251 e. The Hall–Kier alpha value is -2.52. The monoisotopic (exact) mass is 364 g/mol. The van der Waals surface area contributed by atoms with Gasteiger partial charge in [-0.2, -0.15) is 4.98 Å². The Bertz CT molecular complexity index is 853. The Morgan fingerprint density at radius 2 is 2.04 bits per heavy atom. The van der Waals surface area contributed by atoms with Crippen molar-refractivity contribution in [3.05, 3.63) is 42.1 Å². The average Bonchev–Trinajstić information content (AvgIpc) is 2.61. The number of amides is 1. The minimum Gasteiger partial charge on any atom is -0.481 e. The third kappa shape index (κ3) is 4.97. The van der Waals surface area contributed by atoms with Crippen molar-refractivity contribution >= 4 is 15.9 Å². The molecule has 1 amide bonds. The van der Waals surface area contributed by atoms with E-state index in [9.17, 15) is 13.2 Å². The molecule has 2 aromatic rings. The van der Waals surface area contributed by atoms with Gasteiger partial charge in [0.1, 0.15) is 0 Å². The van der Waals surface area contributed by atoms with Gasteiger partial charge in [-0.15, -0.1) is 0 Å². The maximum absolute atomic E-state index is 12.2. The van der Waals surface area contributed by atoms with Crippen molar-refractivity contribution in [2.24, 2.45) is 0 Å². The first kappa shape index (κ1) is 18.8. The van der Waals surface area contributed by atoms with E-state index in [2.05, 4.69) is 15.3 Å². The molecule has 2 rings (SSSR count). The van der Waals surface area contributed by atoms with Gasteiger partial charge in [-0.25, -0.2) is 17.7 Å². The van der Waals surface area contributed by atoms with Gasteiger partial charge in [0.25, 0.3) is 5.91 Å². The normalized spacial score (nSPS) is 11.4. The van der Waals surface area contributed by atoms with Crippen molar-refractivity contribution in [1.82, 2.24) is 19.6 Å². The molecule has 1 aromatic carbocycles. The zero-order chi connectivity index (χ0) is 18.4. The molecule has 0 unspecified atom stereocenters. The van der Waals surface area contributed by atoms with E-state index in [0.717, 1.165) is 4.31 Å². The van der Waals surface area contributed by atoms with E-state index in [1.807, 2.05) is 0 Å². The maximum atomic E-state index is 12.2. The van der Waals surface area contributed by atoms with E-state index in [1.54, 1.807) is 36.5 Å². The standard InChI is InChI=1S/C16H20N4O4S/c1-20(2)25(22,23)10-9-18-16(21)13-6-4-5-12(11-13)15-17-8-7-14(19-15)24-3/h4-8,11H,9-10H2,1-3H3,(H,18,21). The van der Waals surface area contributed by atoms with Crippen LogP contribution in [0.25, 0.3) is 11.4 Å². The van der Waals surface area contributed by atoms with Crippen LogP contribution in [0.5, 0.6) is 5.88 Å². The third-order valence-electron chi connectivity index (χ3n) is 3.42. The molecule has 9 heteroatoms. The number of sulfonamides is 1. The van der Waals surface area contributed by atoms with Gasteiger partial charge in [-0.1, -0.05) is 12.1 Å². The molecule has 134 valence electrons. The third-order valence-corrected chi connectivity index (χ3v) is 5.26. The fraction of sp³-hybridized carbons (Fsp3) is 0.312. The molecular weight excluding hydrogens is 344 g/mol. The van der Waals surface area contributed by atoms with Gasteiger partial charge in [-0.05, 0) is 12.1 Å². The number of rotatable bonds is 7. The molecule has 0 aliphatic carbocycles. The van der Waals surface area contributed by atoms with E-state index in [0.29, 0.717) is 22.8 Å². The summed E-state index contributed by atoms with van der Waals surface area (Å²) in [5, 5.41) is 2.60. The van der Waals surface area contributed by atoms with Crippen molar-refractivity contribution in [1.29, 1.82) is 0 Å². The molecule has 0 bridgehead atoms. The molecule has 0 spiro atoms. The molecule has 0 saturated heterocycles. The van der Waals surface area contributed by atoms with Gasteiger partial charge < -0.3 is 10.1 Å². The Morgan fingerprint density at radius 3 is 2.72 bits per heavy atom. The lowest BCUT2D eigenvalue weighted by Gasteiger charge is -2.11. The number of methoxy groups -OCH3 is 1. The predicted molar refractivity (Wildman–Crippen MR) is 93.8 cm³/mol. The molecule has 0 aliphatic heterocycles. The lowest BCUT2D eigenvalue weighted by molar-refractivity contribution is 0.0956. The van der Waals surface area contributed by atoms with Crippen LogP contribution in [0.3, 0.4) is 0 Å². The number of nitrogens with zero attached hydrogens (tertiary/aromatic N) is 3. The van der Waals surface area contributed by atoms with Gasteiger partial charge in [-0.3, -0.25) is 4.79 Å². The predicted octanol–water partition coefficient (Wildman–Crippen LogP) is 0.773. The van der Waals surface area contributed by atoms with Crippen molar-refractivity contribution in [2.45, 2.75) is 0 Å². The molecule has 1 N–H and O–H groups in total. The number of aromatic nitrogens is 2. The number of benzene rings is 1. The second kappa shape index (κ2) is 8.04. The fourth-order valence-electron chi connectivity index (χ4n) is 1.97. The van der Waals surface area contributed by atoms with Crippen LogP contribution in [0, 0.1) is 0 Å². The summed E-state index contributed by atoms with van der Waals surface area (Å²) in [6, 6.07) is 8.40. The summed E-state index contributed by atoms with van der Waals surface area (Å²) in [6.45, 7) is 0.0270. The minimum atomic E-state index is -3.35. The topological polar surface area (TPSA) is 101 Å². The molecule has 1 aromatic heterocycles. The van der Waals surface area contributed by atoms with E-state index in [-0.39, 0.29) is 18.2 Å². The highest BCUT2D eigenvalue weighted by molar-refractivity contribution is 7.89. The molecule has 0 radical (unpaired) electrons. The quantitative estimate of drug-likeness (QED) is 0.779. The first-order chi connectivity index (χ1) is 11.8. The highest BCUT2D eigenvalue weighted by Gasteiger charge is 2.14. The van der Waals surface area contributed by atoms with Gasteiger partial charge in [0.05, 0.1) is 12.9 Å². The van der Waals surface area contributed by atoms with Crippen LogP contribution in [0.2, 0.25) is 0 Å². The van der Waals surface area contributed by atoms with Crippen LogP contribution in [-0.4, -0.2) is 62.1 Å². The zero-order valence-electron chi connectivity index (χ0n) is 14.3. The molecule has 0 aliphatic rings. The number of hydrogen-bond donors (Lipinski definition) is 1. The first-order valence-corrected chi connectivity index (χ1v) is 9.10. The van der Waals surface area contributed by atoms with Crippen LogP contribution in [0.1, 0.15) is 10.4 Å². The summed E-state index contributed by atoms with van der Waals surface area (Å²) >= 11 is 0. The second-order valence-electron chi connectivity index (χ2n) is 5.36. The number of carbonyl (C=O) groups is 1. The van der Waals surface area contributed by atoms with E-state index < -0.39 is 10.0 Å². The Labute approximate surface area is 146 Å². The van der Waals surface area contributed by atoms with Crippen molar-refractivity contribution < 1.29 is 17.9 Å². The summed E-state index contributed by atoms with van der Waals surface area (Å²) in [6.07, 6.45) is 1.57. The SMILES string of the molecule is COc1ccnc(-c2cccc(C(=O)NCCS(=O)(=O)N(C)C)c2)n1. The van der Waals surface area contributed by atoms with E-state index in [4.69, 9.17) is 4.74 Å². The minimum absolute atomic E-state index is 0.0270. The van der Waals surface area contributed by atoms with Crippen molar-refractivity contribution in [3.63, 3.8) is 0 Å². The highest BCUT2D eigenvalue weighted by atomic mass is 32.2. The summed E-state index contributed by atoms with van der Waals surface area (Å²) in [7, 11) is 1.07. The van der Waals surface area contributed by atoms with Crippen LogP contribution in [0.15, 0.2) is 36.5 Å². The molecule has 0 atom stereocenters. The summed E-state index contributed by atoms with van der Waals surface area (Å²) in [4.78, 5) is 20.6. The van der Waals surface area contributed by atoms with Crippen LogP contribution in [-0.2, 0) is 10.0 Å². The fourth-order valence-corrected chi connectivity index (χ4v) is 2.70. The van der Waals surface area contributed by atoms with Gasteiger partial charge in [0, 0.05) is 44.0 Å². The first-order valence-electron chi connectivity index (χ1n) is 7.49. The second-order valence-corrected chi connectivity index (χ2v) is 7.66. The van der Waals surface area contributed by atoms with Crippen molar-refractivity contribution in [2.75, 3.05) is 33.5 Å². The summed E-state index contributed by atoms with van der Waals surface area (Å²) < 4.78 is 29.6. The largest absolute Gasteiger partial charge is 0.481 e. The lowest BCUT2D eigenvalue weighted by Crippen LogP contribution is -2.33. The number of carbonyl (C=O) groups excluding carboxylic acids is 1. The lowest BCUT2D eigenvalue weighted by atomic mass is 10.1. The molecule has 0 fully saturated rings. The maximum Gasteiger partial charge on any atom is 0.251 e. The van der Waals surface area contributed by atoms with Gasteiger partial charge in [0.2, 0.25) is 15.9 Å². The van der Waals surface area contributed by atoms with Gasteiger partial charge >= 0.3 is 0 Å². The molecule has 1 heterocycles. The summed E-state index contributed by atoms with van der Waals surface area (Å²) in [5.74, 6) is 0.335. The summed E-state index contributed by atoms with van der Waals surface area (Å²) in [5.41, 5.74) is 1.05.